The molecule has 1 saturated carbocycles. The van der Waals surface area contributed by atoms with Crippen molar-refractivity contribution in [2.24, 2.45) is 0 Å². The number of aliphatic hydroxyl groups is 1. The Hall–Kier alpha value is -2.46. The first kappa shape index (κ1) is 17.6. The monoisotopic (exact) mass is 386 g/mol. The quantitative estimate of drug-likeness (QED) is 0.692. The number of morpholine rings is 1. The average molecular weight is 386 g/mol. The number of hydrogen-bond donors (Lipinski definition) is 3. The molecule has 2 aliphatic heterocycles. The third-order valence-electron chi connectivity index (χ3n) is 5.57. The Morgan fingerprint density at radius 2 is 1.96 bits per heavy atom. The lowest BCUT2D eigenvalue weighted by Gasteiger charge is -2.28. The first-order valence-electron chi connectivity index (χ1n) is 10.0. The van der Waals surface area contributed by atoms with Gasteiger partial charge < -0.3 is 25.0 Å². The van der Waals surface area contributed by atoms with Crippen LogP contribution in [0.15, 0.2) is 6.07 Å². The van der Waals surface area contributed by atoms with Gasteiger partial charge in [0.05, 0.1) is 19.3 Å². The first-order valence-corrected chi connectivity index (χ1v) is 10.0. The standard InChI is InChI=1S/C18H26N8O2/c1-11-8-13(27)10-26(11)18-21-16(19-15-9-14(23-24-15)12-2-3-12)20-17(22-18)25-4-6-28-7-5-25/h9,11-13,27H,2-8,10H2,1H3,(H2,19,20,21,22,23,24)/t11-,13+/m1/s1. The van der Waals surface area contributed by atoms with Crippen molar-refractivity contribution in [3.05, 3.63) is 11.8 Å². The maximum atomic E-state index is 10.0. The van der Waals surface area contributed by atoms with Crippen LogP contribution in [0.4, 0.5) is 23.7 Å². The third kappa shape index (κ3) is 3.61. The smallest absolute Gasteiger partial charge is 0.235 e. The molecule has 0 bridgehead atoms. The summed E-state index contributed by atoms with van der Waals surface area (Å²) < 4.78 is 5.45. The van der Waals surface area contributed by atoms with E-state index >= 15 is 0 Å². The number of anilines is 4. The fraction of sp³-hybridized carbons (Fsp3) is 0.667. The molecule has 5 rings (SSSR count). The molecule has 3 N–H and O–H groups in total. The molecule has 2 saturated heterocycles. The van der Waals surface area contributed by atoms with Gasteiger partial charge in [0.25, 0.3) is 0 Å². The van der Waals surface area contributed by atoms with Crippen molar-refractivity contribution in [2.45, 2.75) is 44.2 Å². The highest BCUT2D eigenvalue weighted by Crippen LogP contribution is 2.39. The van der Waals surface area contributed by atoms with Crippen LogP contribution in [-0.4, -0.2) is 75.2 Å². The van der Waals surface area contributed by atoms with E-state index in [1.54, 1.807) is 0 Å². The maximum Gasteiger partial charge on any atom is 0.235 e. The summed E-state index contributed by atoms with van der Waals surface area (Å²) in [4.78, 5) is 18.1. The minimum absolute atomic E-state index is 0.176. The van der Waals surface area contributed by atoms with E-state index in [-0.39, 0.29) is 12.1 Å². The number of H-pyrrole nitrogens is 1. The average Bonchev–Trinajstić information content (AvgIpc) is 3.36. The van der Waals surface area contributed by atoms with E-state index in [2.05, 4.69) is 37.3 Å². The van der Waals surface area contributed by atoms with Crippen LogP contribution in [0.1, 0.15) is 37.8 Å². The molecule has 3 fully saturated rings. The van der Waals surface area contributed by atoms with Crippen molar-refractivity contribution in [1.82, 2.24) is 25.1 Å². The van der Waals surface area contributed by atoms with Gasteiger partial charge in [0.15, 0.2) is 5.82 Å². The molecule has 0 amide bonds. The highest BCUT2D eigenvalue weighted by Gasteiger charge is 2.31. The molecule has 10 heteroatoms. The van der Waals surface area contributed by atoms with E-state index in [0.29, 0.717) is 55.8 Å². The molecule has 1 aliphatic carbocycles. The number of hydrogen-bond acceptors (Lipinski definition) is 9. The number of ether oxygens (including phenoxy) is 1. The van der Waals surface area contributed by atoms with Gasteiger partial charge in [0.1, 0.15) is 0 Å². The summed E-state index contributed by atoms with van der Waals surface area (Å²) >= 11 is 0. The van der Waals surface area contributed by atoms with Crippen molar-refractivity contribution in [3.63, 3.8) is 0 Å². The van der Waals surface area contributed by atoms with Gasteiger partial charge in [-0.25, -0.2) is 0 Å². The SMILES string of the molecule is C[C@@H]1C[C@H](O)CN1c1nc(Nc2cc(C3CC3)[nH]n2)nc(N2CCOCC2)n1. The Balaban J connectivity index is 1.44. The molecule has 0 spiro atoms. The second-order valence-electron chi connectivity index (χ2n) is 7.86. The molecular formula is C18H26N8O2. The molecule has 0 radical (unpaired) electrons. The van der Waals surface area contributed by atoms with E-state index in [9.17, 15) is 5.11 Å². The normalized spacial score (nSPS) is 25.4. The number of β-amino-alcohol motifs (C(OH)–C–C–N with tert-alkyl or cyclic N) is 1. The summed E-state index contributed by atoms with van der Waals surface area (Å²) in [6.45, 7) is 5.42. The molecule has 150 valence electrons. The summed E-state index contributed by atoms with van der Waals surface area (Å²) in [6, 6.07) is 2.20. The summed E-state index contributed by atoms with van der Waals surface area (Å²) in [7, 11) is 0. The van der Waals surface area contributed by atoms with Crippen LogP contribution in [0, 0.1) is 0 Å². The van der Waals surface area contributed by atoms with E-state index < -0.39 is 0 Å². The zero-order valence-corrected chi connectivity index (χ0v) is 16.0. The van der Waals surface area contributed by atoms with Gasteiger partial charge in [-0.1, -0.05) is 0 Å². The van der Waals surface area contributed by atoms with Crippen LogP contribution in [0.2, 0.25) is 0 Å². The largest absolute Gasteiger partial charge is 0.391 e. The number of aromatic amines is 1. The third-order valence-corrected chi connectivity index (χ3v) is 5.57. The van der Waals surface area contributed by atoms with Gasteiger partial charge in [0, 0.05) is 43.4 Å². The van der Waals surface area contributed by atoms with Crippen molar-refractivity contribution < 1.29 is 9.84 Å². The summed E-state index contributed by atoms with van der Waals surface area (Å²) in [6.07, 6.45) is 2.79. The van der Waals surface area contributed by atoms with Gasteiger partial charge in [-0.15, -0.1) is 0 Å². The Kier molecular flexibility index (Phi) is 4.52. The number of nitrogens with zero attached hydrogens (tertiary/aromatic N) is 6. The van der Waals surface area contributed by atoms with Crippen LogP contribution >= 0.6 is 0 Å². The topological polar surface area (TPSA) is 115 Å². The molecule has 4 heterocycles. The highest BCUT2D eigenvalue weighted by atomic mass is 16.5. The lowest BCUT2D eigenvalue weighted by atomic mass is 10.2. The minimum Gasteiger partial charge on any atom is -0.391 e. The van der Waals surface area contributed by atoms with Crippen LogP contribution in [-0.2, 0) is 4.74 Å². The lowest BCUT2D eigenvalue weighted by molar-refractivity contribution is 0.122. The van der Waals surface area contributed by atoms with Crippen LogP contribution in [0.5, 0.6) is 0 Å². The van der Waals surface area contributed by atoms with Crippen molar-refractivity contribution in [1.29, 1.82) is 0 Å². The predicted molar refractivity (Wildman–Crippen MR) is 104 cm³/mol. The van der Waals surface area contributed by atoms with Crippen LogP contribution in [0.3, 0.4) is 0 Å². The van der Waals surface area contributed by atoms with Gasteiger partial charge in [-0.2, -0.15) is 20.1 Å². The van der Waals surface area contributed by atoms with Gasteiger partial charge in [0.2, 0.25) is 17.8 Å². The Morgan fingerprint density at radius 1 is 1.18 bits per heavy atom. The van der Waals surface area contributed by atoms with E-state index in [4.69, 9.17) is 9.72 Å². The number of rotatable bonds is 5. The number of nitrogens with one attached hydrogen (secondary N) is 2. The molecule has 3 aliphatic rings. The van der Waals surface area contributed by atoms with Crippen LogP contribution in [0.25, 0.3) is 0 Å². The molecule has 2 atom stereocenters. The van der Waals surface area contributed by atoms with Gasteiger partial charge in [-0.05, 0) is 26.2 Å². The Bertz CT molecular complexity index is 833. The highest BCUT2D eigenvalue weighted by molar-refractivity contribution is 5.54. The molecule has 10 nitrogen and oxygen atoms in total. The van der Waals surface area contributed by atoms with E-state index in [0.717, 1.165) is 18.8 Å². The predicted octanol–water partition coefficient (Wildman–Crippen LogP) is 1.01. The molecule has 2 aromatic rings. The molecule has 0 aromatic carbocycles. The Morgan fingerprint density at radius 3 is 2.68 bits per heavy atom. The first-order chi connectivity index (χ1) is 13.7. The van der Waals surface area contributed by atoms with Gasteiger partial charge >= 0.3 is 0 Å². The van der Waals surface area contributed by atoms with Crippen molar-refractivity contribution in [3.8, 4) is 0 Å². The fourth-order valence-electron chi connectivity index (χ4n) is 3.84. The summed E-state index contributed by atoms with van der Waals surface area (Å²) in [5.41, 5.74) is 1.15. The van der Waals surface area contributed by atoms with Crippen molar-refractivity contribution in [2.75, 3.05) is 48.0 Å². The number of aliphatic hydroxyl groups excluding tert-OH is 1. The molecular weight excluding hydrogens is 360 g/mol. The van der Waals surface area contributed by atoms with Crippen molar-refractivity contribution >= 4 is 23.7 Å². The maximum absolute atomic E-state index is 10.0. The van der Waals surface area contributed by atoms with Gasteiger partial charge in [-0.3, -0.25) is 5.10 Å². The van der Waals surface area contributed by atoms with E-state index in [1.165, 1.54) is 12.8 Å². The lowest BCUT2D eigenvalue weighted by Crippen LogP contribution is -2.38. The second kappa shape index (κ2) is 7.17. The zero-order valence-electron chi connectivity index (χ0n) is 16.0. The zero-order chi connectivity index (χ0) is 19.1. The molecule has 28 heavy (non-hydrogen) atoms. The second-order valence-corrected chi connectivity index (χ2v) is 7.86. The fourth-order valence-corrected chi connectivity index (χ4v) is 3.84. The molecule has 2 aromatic heterocycles. The Labute approximate surface area is 163 Å². The van der Waals surface area contributed by atoms with E-state index in [1.807, 2.05) is 11.0 Å². The van der Waals surface area contributed by atoms with Crippen LogP contribution < -0.4 is 15.1 Å². The number of aromatic nitrogens is 5. The minimum atomic E-state index is -0.359. The molecule has 0 unspecified atom stereocenters. The summed E-state index contributed by atoms with van der Waals surface area (Å²) in [5.74, 6) is 2.99. The summed E-state index contributed by atoms with van der Waals surface area (Å²) in [5, 5.41) is 20.7.